The van der Waals surface area contributed by atoms with Crippen molar-refractivity contribution in [2.24, 2.45) is 10.8 Å². The summed E-state index contributed by atoms with van der Waals surface area (Å²) >= 11 is 0. The van der Waals surface area contributed by atoms with Crippen molar-refractivity contribution in [1.29, 1.82) is 0 Å². The Morgan fingerprint density at radius 2 is 1.00 bits per heavy atom. The Morgan fingerprint density at radius 3 is 1.59 bits per heavy atom. The van der Waals surface area contributed by atoms with E-state index in [9.17, 15) is 0 Å². The number of hydrogen-bond donors (Lipinski definition) is 2. The highest BCUT2D eigenvalue weighted by atomic mass is 15.0. The van der Waals surface area contributed by atoms with Gasteiger partial charge in [-0.05, 0) is 165 Å². The molecule has 0 bridgehead atoms. The first-order valence-electron chi connectivity index (χ1n) is 16.4. The van der Waals surface area contributed by atoms with Gasteiger partial charge in [-0.2, -0.15) is 0 Å². The minimum Gasteiger partial charge on any atom is -0.307 e. The minimum atomic E-state index is 0.147. The number of benzene rings is 1. The molecule has 0 amide bonds. The summed E-state index contributed by atoms with van der Waals surface area (Å²) in [7, 11) is 0. The average molecular weight is 537 g/mol. The third-order valence-electron chi connectivity index (χ3n) is 10.5. The van der Waals surface area contributed by atoms with Gasteiger partial charge in [-0.3, -0.25) is 0 Å². The van der Waals surface area contributed by atoms with Crippen LogP contribution in [0.5, 0.6) is 0 Å². The van der Waals surface area contributed by atoms with Gasteiger partial charge in [-0.1, -0.05) is 45.9 Å². The van der Waals surface area contributed by atoms with Gasteiger partial charge in [0.05, 0.1) is 0 Å². The van der Waals surface area contributed by atoms with Crippen molar-refractivity contribution in [2.75, 3.05) is 0 Å². The molecule has 1 aromatic rings. The number of hydrogen-bond acceptors (Lipinski definition) is 2. The lowest BCUT2D eigenvalue weighted by Gasteiger charge is -2.36. The van der Waals surface area contributed by atoms with Crippen LogP contribution in [0.3, 0.4) is 0 Å². The Morgan fingerprint density at radius 1 is 0.513 bits per heavy atom. The third kappa shape index (κ3) is 8.12. The van der Waals surface area contributed by atoms with Crippen LogP contribution >= 0.6 is 0 Å². The van der Waals surface area contributed by atoms with E-state index in [-0.39, 0.29) is 22.2 Å². The molecule has 2 heterocycles. The lowest BCUT2D eigenvalue weighted by atomic mass is 9.72. The van der Waals surface area contributed by atoms with E-state index in [0.717, 1.165) is 0 Å². The molecule has 0 aromatic heterocycles. The van der Waals surface area contributed by atoms with Gasteiger partial charge in [-0.25, -0.2) is 0 Å². The van der Waals surface area contributed by atoms with Gasteiger partial charge < -0.3 is 10.6 Å². The Hall–Kier alpha value is -0.860. The third-order valence-corrected chi connectivity index (χ3v) is 10.5. The van der Waals surface area contributed by atoms with Gasteiger partial charge in [0.15, 0.2) is 0 Å². The summed E-state index contributed by atoms with van der Waals surface area (Å²) in [4.78, 5) is 0. The first-order valence-corrected chi connectivity index (χ1v) is 16.4. The van der Waals surface area contributed by atoms with Crippen molar-refractivity contribution in [1.82, 2.24) is 10.6 Å². The molecule has 222 valence electrons. The first-order chi connectivity index (χ1) is 17.7. The van der Waals surface area contributed by atoms with Crippen LogP contribution < -0.4 is 10.6 Å². The smallest absolute Gasteiger partial charge is 0.0135 e. The SMILES string of the molecule is CC1(C)CCC(c2cc(C3CCC(C)(C)NC(C)(C)C3)ccc2C2CCC(C)(C)NC(C)(C)C2)CC(C)(C)C1. The van der Waals surface area contributed by atoms with Gasteiger partial charge in [0.25, 0.3) is 0 Å². The van der Waals surface area contributed by atoms with Crippen LogP contribution in [0.25, 0.3) is 0 Å². The Balaban J connectivity index is 1.77. The number of rotatable bonds is 3. The molecule has 2 N–H and O–H groups in total. The fourth-order valence-electron chi connectivity index (χ4n) is 9.74. The monoisotopic (exact) mass is 537 g/mol. The van der Waals surface area contributed by atoms with Gasteiger partial charge in [0, 0.05) is 22.2 Å². The first kappa shape index (κ1) is 31.1. The highest BCUT2D eigenvalue weighted by molar-refractivity contribution is 5.40. The summed E-state index contributed by atoms with van der Waals surface area (Å²) < 4.78 is 0. The second-order valence-corrected chi connectivity index (χ2v) is 18.5. The summed E-state index contributed by atoms with van der Waals surface area (Å²) in [5, 5.41) is 7.99. The topological polar surface area (TPSA) is 24.1 Å². The van der Waals surface area contributed by atoms with E-state index >= 15 is 0 Å². The van der Waals surface area contributed by atoms with Crippen molar-refractivity contribution in [3.8, 4) is 0 Å². The maximum atomic E-state index is 4.01. The Bertz CT molecular complexity index is 1010. The molecule has 0 spiro atoms. The zero-order valence-electron chi connectivity index (χ0n) is 28.0. The van der Waals surface area contributed by atoms with Crippen molar-refractivity contribution < 1.29 is 0 Å². The molecule has 1 aromatic carbocycles. The summed E-state index contributed by atoms with van der Waals surface area (Å²) in [6.45, 7) is 29.4. The summed E-state index contributed by atoms with van der Waals surface area (Å²) in [6.07, 6.45) is 12.8. The molecule has 2 aliphatic heterocycles. The summed E-state index contributed by atoms with van der Waals surface area (Å²) in [5.74, 6) is 1.92. The molecular weight excluding hydrogens is 472 g/mol. The Labute approximate surface area is 243 Å². The molecule has 3 atom stereocenters. The van der Waals surface area contributed by atoms with E-state index in [1.165, 1.54) is 64.2 Å². The molecule has 1 aliphatic carbocycles. The van der Waals surface area contributed by atoms with Crippen LogP contribution in [-0.2, 0) is 0 Å². The van der Waals surface area contributed by atoms with E-state index in [1.807, 2.05) is 0 Å². The highest BCUT2D eigenvalue weighted by Crippen LogP contribution is 2.51. The minimum absolute atomic E-state index is 0.147. The molecule has 3 fully saturated rings. The van der Waals surface area contributed by atoms with Crippen molar-refractivity contribution in [3.05, 3.63) is 34.9 Å². The normalized spacial score (nSPS) is 33.4. The predicted molar refractivity (Wildman–Crippen MR) is 171 cm³/mol. The molecule has 0 radical (unpaired) electrons. The average Bonchev–Trinajstić information content (AvgIpc) is 2.99. The molecule has 2 heteroatoms. The lowest BCUT2D eigenvalue weighted by Crippen LogP contribution is -2.50. The van der Waals surface area contributed by atoms with Gasteiger partial charge >= 0.3 is 0 Å². The van der Waals surface area contributed by atoms with E-state index < -0.39 is 0 Å². The van der Waals surface area contributed by atoms with Crippen molar-refractivity contribution >= 4 is 0 Å². The maximum Gasteiger partial charge on any atom is 0.0135 e. The second kappa shape index (κ2) is 10.4. The fourth-order valence-corrected chi connectivity index (χ4v) is 9.74. The van der Waals surface area contributed by atoms with Crippen molar-refractivity contribution in [2.45, 2.75) is 187 Å². The van der Waals surface area contributed by atoms with E-state index in [2.05, 4.69) is 112 Å². The van der Waals surface area contributed by atoms with Crippen LogP contribution in [0.4, 0.5) is 0 Å². The fraction of sp³-hybridized carbons (Fsp3) is 0.838. The van der Waals surface area contributed by atoms with E-state index in [1.54, 1.807) is 16.7 Å². The quantitative estimate of drug-likeness (QED) is 0.375. The predicted octanol–water partition coefficient (Wildman–Crippen LogP) is 10.2. The largest absolute Gasteiger partial charge is 0.307 e. The zero-order valence-corrected chi connectivity index (χ0v) is 28.0. The molecular formula is C37H64N2. The van der Waals surface area contributed by atoms with Crippen LogP contribution in [0, 0.1) is 10.8 Å². The van der Waals surface area contributed by atoms with Crippen molar-refractivity contribution in [3.63, 3.8) is 0 Å². The number of nitrogens with one attached hydrogen (secondary N) is 2. The molecule has 2 nitrogen and oxygen atoms in total. The molecule has 3 aliphatic rings. The van der Waals surface area contributed by atoms with Gasteiger partial charge in [0.2, 0.25) is 0 Å². The van der Waals surface area contributed by atoms with Gasteiger partial charge in [-0.15, -0.1) is 0 Å². The second-order valence-electron chi connectivity index (χ2n) is 18.5. The van der Waals surface area contributed by atoms with Crippen LogP contribution in [0.1, 0.15) is 182 Å². The molecule has 2 saturated heterocycles. The van der Waals surface area contributed by atoms with Crippen LogP contribution in [-0.4, -0.2) is 22.2 Å². The molecule has 4 rings (SSSR count). The van der Waals surface area contributed by atoms with E-state index in [0.29, 0.717) is 28.6 Å². The summed E-state index contributed by atoms with van der Waals surface area (Å²) in [5.41, 5.74) is 6.50. The van der Waals surface area contributed by atoms with E-state index in [4.69, 9.17) is 0 Å². The zero-order chi connectivity index (χ0) is 29.1. The lowest BCUT2D eigenvalue weighted by molar-refractivity contribution is 0.198. The molecule has 39 heavy (non-hydrogen) atoms. The summed E-state index contributed by atoms with van der Waals surface area (Å²) in [6, 6.07) is 7.91. The highest BCUT2D eigenvalue weighted by Gasteiger charge is 2.40. The van der Waals surface area contributed by atoms with Crippen LogP contribution in [0.15, 0.2) is 18.2 Å². The maximum absolute atomic E-state index is 4.01. The van der Waals surface area contributed by atoms with Crippen LogP contribution in [0.2, 0.25) is 0 Å². The Kier molecular flexibility index (Phi) is 8.33. The molecule has 3 unspecified atom stereocenters. The standard InChI is InChI=1S/C37H64N2/c1-32(2)18-15-28(22-33(3,4)25-32)31-21-26(27-16-19-34(5,6)38-36(9,10)23-27)13-14-30(31)29-17-20-35(7,8)39-37(11,12)24-29/h13-14,21,27-29,38-39H,15-20,22-25H2,1-12H3. The van der Waals surface area contributed by atoms with Gasteiger partial charge in [0.1, 0.15) is 0 Å². The molecule has 1 saturated carbocycles.